The van der Waals surface area contributed by atoms with Gasteiger partial charge in [-0.25, -0.2) is 0 Å². The minimum Gasteiger partial charge on any atom is -0.310 e. The first-order valence-corrected chi connectivity index (χ1v) is 9.25. The van der Waals surface area contributed by atoms with Gasteiger partial charge in [-0.1, -0.05) is 39.8 Å². The largest absolute Gasteiger partial charge is 0.310 e. The number of anilines is 1. The van der Waals surface area contributed by atoms with E-state index in [9.17, 15) is 4.79 Å². The number of amides is 1. The second kappa shape index (κ2) is 5.45. The molecule has 1 aliphatic heterocycles. The Labute approximate surface area is 149 Å². The molecule has 0 radical (unpaired) electrons. The van der Waals surface area contributed by atoms with Crippen molar-refractivity contribution >= 4 is 11.6 Å². The first-order chi connectivity index (χ1) is 11.8. The monoisotopic (exact) mass is 337 g/mol. The number of benzene rings is 1. The molecule has 0 bridgehead atoms. The number of hydrogen-bond acceptors (Lipinski definition) is 2. The maximum Gasteiger partial charge on any atom is 0.251 e. The van der Waals surface area contributed by atoms with Crippen LogP contribution in [0.25, 0.3) is 0 Å². The number of aromatic nitrogens is 2. The van der Waals surface area contributed by atoms with Crippen molar-refractivity contribution in [1.29, 1.82) is 0 Å². The summed E-state index contributed by atoms with van der Waals surface area (Å²) in [5, 5.41) is 4.68. The van der Waals surface area contributed by atoms with Crippen LogP contribution in [0, 0.1) is 0 Å². The Morgan fingerprint density at radius 3 is 2.60 bits per heavy atom. The molecule has 132 valence electrons. The summed E-state index contributed by atoms with van der Waals surface area (Å²) in [4.78, 5) is 14.9. The predicted octanol–water partition coefficient (Wildman–Crippen LogP) is 4.21. The van der Waals surface area contributed by atoms with Gasteiger partial charge in [0.25, 0.3) is 5.91 Å². The van der Waals surface area contributed by atoms with E-state index in [1.54, 1.807) is 0 Å². The Kier molecular flexibility index (Phi) is 3.57. The molecule has 1 aromatic carbocycles. The molecule has 4 rings (SSSR count). The Bertz CT molecular complexity index is 811. The van der Waals surface area contributed by atoms with Crippen LogP contribution in [-0.4, -0.2) is 22.2 Å². The van der Waals surface area contributed by atoms with Gasteiger partial charge in [-0.2, -0.15) is 5.10 Å². The highest BCUT2D eigenvalue weighted by atomic mass is 16.2. The highest BCUT2D eigenvalue weighted by Gasteiger charge is 2.40. The highest BCUT2D eigenvalue weighted by Crippen LogP contribution is 2.48. The van der Waals surface area contributed by atoms with E-state index < -0.39 is 0 Å². The van der Waals surface area contributed by atoms with Crippen LogP contribution in [0.3, 0.4) is 0 Å². The van der Waals surface area contributed by atoms with Crippen molar-refractivity contribution in [2.75, 3.05) is 11.4 Å². The zero-order valence-corrected chi connectivity index (χ0v) is 15.6. The van der Waals surface area contributed by atoms with Gasteiger partial charge < -0.3 is 4.90 Å². The van der Waals surface area contributed by atoms with Crippen LogP contribution in [0.5, 0.6) is 0 Å². The lowest BCUT2D eigenvalue weighted by Crippen LogP contribution is -2.28. The molecule has 2 aromatic rings. The van der Waals surface area contributed by atoms with E-state index in [0.29, 0.717) is 5.41 Å². The summed E-state index contributed by atoms with van der Waals surface area (Å²) < 4.78 is 1.86. The fourth-order valence-electron chi connectivity index (χ4n) is 3.60. The summed E-state index contributed by atoms with van der Waals surface area (Å²) in [7, 11) is 0. The van der Waals surface area contributed by atoms with Crippen LogP contribution in [0.4, 0.5) is 5.69 Å². The number of carbonyl (C=O) groups is 1. The maximum absolute atomic E-state index is 13.0. The van der Waals surface area contributed by atoms with E-state index >= 15 is 0 Å². The Morgan fingerprint density at radius 2 is 1.96 bits per heavy atom. The highest BCUT2D eigenvalue weighted by molar-refractivity contribution is 5.98. The van der Waals surface area contributed by atoms with Crippen molar-refractivity contribution in [2.24, 2.45) is 0 Å². The van der Waals surface area contributed by atoms with Gasteiger partial charge in [0.05, 0.1) is 5.69 Å². The van der Waals surface area contributed by atoms with Crippen LogP contribution >= 0.6 is 0 Å². The molecule has 1 saturated carbocycles. The van der Waals surface area contributed by atoms with Crippen molar-refractivity contribution in [2.45, 2.75) is 63.8 Å². The first-order valence-electron chi connectivity index (χ1n) is 9.25. The number of hydrogen-bond donors (Lipinski definition) is 0. The summed E-state index contributed by atoms with van der Waals surface area (Å²) in [5.74, 6) is 0.154. The molecule has 1 aliphatic carbocycles. The smallest absolute Gasteiger partial charge is 0.251 e. The van der Waals surface area contributed by atoms with Crippen LogP contribution < -0.4 is 4.90 Å². The standard InChI is InChI=1S/C21H27N3O/c1-20(2,3)18-9-13-24(22-18)17-8-12-23(19(17)25)16-7-5-6-15(14-16)21(4)10-11-21/h5-7,9,13-14,17H,8,10-12H2,1-4H3. The first kappa shape index (κ1) is 16.4. The second-order valence-electron chi connectivity index (χ2n) is 8.84. The summed E-state index contributed by atoms with van der Waals surface area (Å²) >= 11 is 0. The van der Waals surface area contributed by atoms with Crippen LogP contribution in [0.1, 0.15) is 64.3 Å². The topological polar surface area (TPSA) is 38.1 Å². The van der Waals surface area contributed by atoms with Crippen molar-refractivity contribution in [1.82, 2.24) is 9.78 Å². The van der Waals surface area contributed by atoms with Crippen molar-refractivity contribution in [3.05, 3.63) is 47.8 Å². The van der Waals surface area contributed by atoms with Crippen molar-refractivity contribution < 1.29 is 4.79 Å². The van der Waals surface area contributed by atoms with E-state index in [2.05, 4.69) is 57.1 Å². The fourth-order valence-corrected chi connectivity index (χ4v) is 3.60. The molecule has 0 N–H and O–H groups in total. The average molecular weight is 337 g/mol. The van der Waals surface area contributed by atoms with Gasteiger partial charge >= 0.3 is 0 Å². The Morgan fingerprint density at radius 1 is 1.20 bits per heavy atom. The molecule has 4 heteroatoms. The zero-order chi connectivity index (χ0) is 17.8. The molecular weight excluding hydrogens is 310 g/mol. The van der Waals surface area contributed by atoms with Gasteiger partial charge in [0, 0.05) is 23.8 Å². The SMILES string of the molecule is CC(C)(C)c1ccn(C2CCN(c3cccc(C4(C)CC4)c3)C2=O)n1. The second-order valence-corrected chi connectivity index (χ2v) is 8.84. The van der Waals surface area contributed by atoms with Gasteiger partial charge in [0.1, 0.15) is 6.04 Å². The lowest BCUT2D eigenvalue weighted by molar-refractivity contribution is -0.120. The van der Waals surface area contributed by atoms with Gasteiger partial charge in [-0.05, 0) is 48.4 Å². The van der Waals surface area contributed by atoms with Gasteiger partial charge in [-0.15, -0.1) is 0 Å². The quantitative estimate of drug-likeness (QED) is 0.841. The molecule has 1 amide bonds. The summed E-state index contributed by atoms with van der Waals surface area (Å²) in [6, 6.07) is 10.4. The van der Waals surface area contributed by atoms with Crippen molar-refractivity contribution in [3.63, 3.8) is 0 Å². The van der Waals surface area contributed by atoms with E-state index in [0.717, 1.165) is 24.3 Å². The number of rotatable bonds is 3. The Balaban J connectivity index is 1.57. The lowest BCUT2D eigenvalue weighted by atomic mass is 9.93. The lowest BCUT2D eigenvalue weighted by Gasteiger charge is -2.19. The predicted molar refractivity (Wildman–Crippen MR) is 100.0 cm³/mol. The fraction of sp³-hybridized carbons (Fsp3) is 0.524. The molecule has 1 atom stereocenters. The third kappa shape index (κ3) is 2.88. The van der Waals surface area contributed by atoms with Gasteiger partial charge in [-0.3, -0.25) is 9.48 Å². The molecule has 25 heavy (non-hydrogen) atoms. The van der Waals surface area contributed by atoms with E-state index in [4.69, 9.17) is 0 Å². The third-order valence-electron chi connectivity index (χ3n) is 5.73. The van der Waals surface area contributed by atoms with E-state index in [1.165, 1.54) is 18.4 Å². The molecular formula is C21H27N3O. The summed E-state index contributed by atoms with van der Waals surface area (Å²) in [5.41, 5.74) is 3.74. The van der Waals surface area contributed by atoms with E-state index in [1.807, 2.05) is 21.8 Å². The Hall–Kier alpha value is -2.10. The van der Waals surface area contributed by atoms with Crippen LogP contribution in [0.2, 0.25) is 0 Å². The minimum atomic E-state index is -0.184. The molecule has 2 aliphatic rings. The normalized spacial score (nSPS) is 22.5. The zero-order valence-electron chi connectivity index (χ0n) is 15.6. The number of nitrogens with zero attached hydrogens (tertiary/aromatic N) is 3. The van der Waals surface area contributed by atoms with Crippen LogP contribution in [0.15, 0.2) is 36.5 Å². The molecule has 1 aromatic heterocycles. The van der Waals surface area contributed by atoms with Gasteiger partial charge in [0.2, 0.25) is 0 Å². The number of carbonyl (C=O) groups excluding carboxylic acids is 1. The third-order valence-corrected chi connectivity index (χ3v) is 5.73. The summed E-state index contributed by atoms with van der Waals surface area (Å²) in [6.07, 6.45) is 5.26. The van der Waals surface area contributed by atoms with Gasteiger partial charge in [0.15, 0.2) is 0 Å². The molecule has 2 fully saturated rings. The molecule has 1 unspecified atom stereocenters. The maximum atomic E-state index is 13.0. The summed E-state index contributed by atoms with van der Waals surface area (Å²) in [6.45, 7) is 9.50. The average Bonchev–Trinajstić information content (AvgIpc) is 2.98. The minimum absolute atomic E-state index is 0.000624. The molecule has 0 spiro atoms. The van der Waals surface area contributed by atoms with E-state index in [-0.39, 0.29) is 17.4 Å². The van der Waals surface area contributed by atoms with Crippen LogP contribution in [-0.2, 0) is 15.6 Å². The molecule has 2 heterocycles. The van der Waals surface area contributed by atoms with Crippen molar-refractivity contribution in [3.8, 4) is 0 Å². The molecule has 4 nitrogen and oxygen atoms in total. The molecule has 1 saturated heterocycles.